The molecule has 0 saturated carbocycles. The normalized spacial score (nSPS) is 9.50. The molecule has 0 aliphatic heterocycles. The predicted molar refractivity (Wildman–Crippen MR) is 47.6 cm³/mol. The number of benzene rings is 1. The second-order valence-electron chi connectivity index (χ2n) is 2.52. The highest BCUT2D eigenvalue weighted by atomic mass is 19.1. The van der Waals surface area contributed by atoms with Crippen LogP contribution >= 0.6 is 0 Å². The molecule has 0 saturated heterocycles. The van der Waals surface area contributed by atoms with Crippen molar-refractivity contribution < 1.29 is 14.1 Å². The minimum absolute atomic E-state index is 0.0771. The number of carbonyl (C=O) groups excluding carboxylic acids is 1. The van der Waals surface area contributed by atoms with E-state index in [4.69, 9.17) is 0 Å². The van der Waals surface area contributed by atoms with Crippen LogP contribution in [0.1, 0.15) is 10.4 Å². The van der Waals surface area contributed by atoms with Gasteiger partial charge >= 0.3 is 0 Å². The monoisotopic (exact) mass is 195 g/mol. The summed E-state index contributed by atoms with van der Waals surface area (Å²) in [7, 11) is 0. The van der Waals surface area contributed by atoms with Crippen molar-refractivity contribution in [2.75, 3.05) is 0 Å². The van der Waals surface area contributed by atoms with Crippen LogP contribution in [0.2, 0.25) is 0 Å². The van der Waals surface area contributed by atoms with Crippen LogP contribution in [0.4, 0.5) is 10.1 Å². The molecule has 0 aliphatic carbocycles. The van der Waals surface area contributed by atoms with Crippen molar-refractivity contribution in [3.8, 4) is 0 Å². The Morgan fingerprint density at radius 3 is 2.64 bits per heavy atom. The van der Waals surface area contributed by atoms with Crippen molar-refractivity contribution >= 4 is 11.5 Å². The van der Waals surface area contributed by atoms with Gasteiger partial charge in [0.05, 0.1) is 11.0 Å². The number of hydrogen-bond acceptors (Lipinski definition) is 3. The maximum Gasteiger partial charge on any atom is 0.273 e. The molecule has 0 N–H and O–H groups in total. The molecule has 0 radical (unpaired) electrons. The summed E-state index contributed by atoms with van der Waals surface area (Å²) in [6.45, 7) is 3.20. The van der Waals surface area contributed by atoms with E-state index >= 15 is 0 Å². The van der Waals surface area contributed by atoms with E-state index in [1.54, 1.807) is 0 Å². The Hall–Kier alpha value is -2.04. The molecule has 0 atom stereocenters. The summed E-state index contributed by atoms with van der Waals surface area (Å²) in [4.78, 5) is 20.6. The maximum atomic E-state index is 12.8. The Bertz CT molecular complexity index is 415. The lowest BCUT2D eigenvalue weighted by Gasteiger charge is -1.96. The van der Waals surface area contributed by atoms with Crippen LogP contribution in [0.15, 0.2) is 30.9 Å². The zero-order chi connectivity index (χ0) is 10.7. The van der Waals surface area contributed by atoms with E-state index in [9.17, 15) is 19.3 Å². The molecule has 0 aromatic heterocycles. The maximum absolute atomic E-state index is 12.8. The fourth-order valence-corrected chi connectivity index (χ4v) is 0.940. The lowest BCUT2D eigenvalue weighted by Crippen LogP contribution is -1.97. The lowest BCUT2D eigenvalue weighted by atomic mass is 10.1. The molecule has 0 spiro atoms. The summed E-state index contributed by atoms with van der Waals surface area (Å²) in [5.74, 6) is -1.36. The number of nitrogens with zero attached hydrogens (tertiary/aromatic N) is 1. The number of ketones is 1. The zero-order valence-electron chi connectivity index (χ0n) is 7.07. The third-order valence-corrected chi connectivity index (χ3v) is 1.56. The highest BCUT2D eigenvalue weighted by Gasteiger charge is 2.12. The summed E-state index contributed by atoms with van der Waals surface area (Å²) < 4.78 is 12.8. The fourth-order valence-electron chi connectivity index (χ4n) is 0.940. The van der Waals surface area contributed by atoms with Crippen LogP contribution < -0.4 is 0 Å². The summed E-state index contributed by atoms with van der Waals surface area (Å²) in [5, 5.41) is 10.3. The fraction of sp³-hybridized carbons (Fsp3) is 0. The van der Waals surface area contributed by atoms with Gasteiger partial charge in [0.25, 0.3) is 5.69 Å². The Morgan fingerprint density at radius 2 is 2.14 bits per heavy atom. The van der Waals surface area contributed by atoms with Gasteiger partial charge in [0.1, 0.15) is 5.82 Å². The van der Waals surface area contributed by atoms with E-state index < -0.39 is 22.2 Å². The van der Waals surface area contributed by atoms with Crippen LogP contribution in [0.3, 0.4) is 0 Å². The van der Waals surface area contributed by atoms with E-state index in [2.05, 4.69) is 6.58 Å². The van der Waals surface area contributed by atoms with Gasteiger partial charge in [0, 0.05) is 11.6 Å². The van der Waals surface area contributed by atoms with Crippen LogP contribution in [0.25, 0.3) is 0 Å². The molecule has 1 aromatic rings. The molecular formula is C9H6FNO3. The highest BCUT2D eigenvalue weighted by Crippen LogP contribution is 2.16. The van der Waals surface area contributed by atoms with Gasteiger partial charge in [-0.25, -0.2) is 4.39 Å². The van der Waals surface area contributed by atoms with Crippen LogP contribution in [0, 0.1) is 15.9 Å². The average Bonchev–Trinajstić information content (AvgIpc) is 2.15. The molecule has 1 aromatic carbocycles. The number of halogens is 1. The molecule has 72 valence electrons. The lowest BCUT2D eigenvalue weighted by molar-refractivity contribution is -0.385. The number of nitro groups is 1. The summed E-state index contributed by atoms with van der Waals surface area (Å²) >= 11 is 0. The minimum atomic E-state index is -0.815. The van der Waals surface area contributed by atoms with Crippen LogP contribution in [0.5, 0.6) is 0 Å². The summed E-state index contributed by atoms with van der Waals surface area (Å²) in [6.07, 6.45) is 0.971. The SMILES string of the molecule is C=CC(=O)c1cc(F)cc([N+](=O)[O-])c1. The van der Waals surface area contributed by atoms with Gasteiger partial charge in [0.2, 0.25) is 0 Å². The number of hydrogen-bond donors (Lipinski definition) is 0. The van der Waals surface area contributed by atoms with Gasteiger partial charge in [0.15, 0.2) is 5.78 Å². The van der Waals surface area contributed by atoms with Crippen molar-refractivity contribution in [3.63, 3.8) is 0 Å². The molecule has 4 nitrogen and oxygen atoms in total. The first-order valence-electron chi connectivity index (χ1n) is 3.66. The van der Waals surface area contributed by atoms with E-state index in [-0.39, 0.29) is 5.56 Å². The topological polar surface area (TPSA) is 60.2 Å². The van der Waals surface area contributed by atoms with Crippen molar-refractivity contribution in [2.24, 2.45) is 0 Å². The number of carbonyl (C=O) groups is 1. The Kier molecular flexibility index (Phi) is 2.71. The molecule has 14 heavy (non-hydrogen) atoms. The zero-order valence-corrected chi connectivity index (χ0v) is 7.07. The number of non-ortho nitro benzene ring substituents is 1. The molecule has 0 fully saturated rings. The molecule has 0 aliphatic rings. The smallest absolute Gasteiger partial charge is 0.273 e. The van der Waals surface area contributed by atoms with Gasteiger partial charge in [-0.2, -0.15) is 0 Å². The number of rotatable bonds is 3. The van der Waals surface area contributed by atoms with E-state index in [1.807, 2.05) is 0 Å². The molecular weight excluding hydrogens is 189 g/mol. The number of nitro benzene ring substituents is 1. The standard InChI is InChI=1S/C9H6FNO3/c1-2-9(12)6-3-7(10)5-8(4-6)11(13)14/h2-5H,1H2. The quantitative estimate of drug-likeness (QED) is 0.321. The van der Waals surface area contributed by atoms with Crippen LogP contribution in [-0.2, 0) is 0 Å². The van der Waals surface area contributed by atoms with Crippen LogP contribution in [-0.4, -0.2) is 10.7 Å². The summed E-state index contributed by atoms with van der Waals surface area (Å²) in [5.41, 5.74) is -0.526. The Morgan fingerprint density at radius 1 is 1.50 bits per heavy atom. The van der Waals surface area contributed by atoms with Crippen molar-refractivity contribution in [1.82, 2.24) is 0 Å². The second-order valence-corrected chi connectivity index (χ2v) is 2.52. The first-order valence-corrected chi connectivity index (χ1v) is 3.66. The van der Waals surface area contributed by atoms with Crippen molar-refractivity contribution in [1.29, 1.82) is 0 Å². The molecule has 0 amide bonds. The van der Waals surface area contributed by atoms with Gasteiger partial charge in [-0.1, -0.05) is 6.58 Å². The Labute approximate surface area is 78.8 Å². The molecule has 1 rings (SSSR count). The summed E-state index contributed by atoms with van der Waals surface area (Å²) in [6, 6.07) is 2.68. The Balaban J connectivity index is 3.26. The minimum Gasteiger partial charge on any atom is -0.289 e. The predicted octanol–water partition coefficient (Wildman–Crippen LogP) is 2.10. The van der Waals surface area contributed by atoms with Gasteiger partial charge < -0.3 is 0 Å². The van der Waals surface area contributed by atoms with E-state index in [1.165, 1.54) is 0 Å². The second kappa shape index (κ2) is 3.78. The molecule has 0 bridgehead atoms. The average molecular weight is 195 g/mol. The van der Waals surface area contributed by atoms with Crippen molar-refractivity contribution in [2.45, 2.75) is 0 Å². The molecule has 5 heteroatoms. The first kappa shape index (κ1) is 10.0. The van der Waals surface area contributed by atoms with E-state index in [0.29, 0.717) is 0 Å². The van der Waals surface area contributed by atoms with Gasteiger partial charge in [-0.05, 0) is 12.1 Å². The third-order valence-electron chi connectivity index (χ3n) is 1.56. The molecule has 0 unspecified atom stereocenters. The third kappa shape index (κ3) is 2.01. The molecule has 0 heterocycles. The largest absolute Gasteiger partial charge is 0.289 e. The highest BCUT2D eigenvalue weighted by molar-refractivity contribution is 6.04. The number of allylic oxidation sites excluding steroid dienone is 1. The van der Waals surface area contributed by atoms with Gasteiger partial charge in [-0.15, -0.1) is 0 Å². The van der Waals surface area contributed by atoms with Crippen molar-refractivity contribution in [3.05, 3.63) is 52.3 Å². The van der Waals surface area contributed by atoms with Gasteiger partial charge in [-0.3, -0.25) is 14.9 Å². The van der Waals surface area contributed by atoms with E-state index in [0.717, 1.165) is 24.3 Å². The first-order chi connectivity index (χ1) is 6.54.